The van der Waals surface area contributed by atoms with Crippen molar-refractivity contribution in [3.8, 4) is 11.3 Å². The van der Waals surface area contributed by atoms with E-state index < -0.39 is 0 Å². The Morgan fingerprint density at radius 3 is 2.52 bits per heavy atom. The molecule has 0 fully saturated rings. The van der Waals surface area contributed by atoms with Gasteiger partial charge >= 0.3 is 0 Å². The van der Waals surface area contributed by atoms with Crippen LogP contribution in [-0.4, -0.2) is 24.6 Å². The minimum absolute atomic E-state index is 0.234. The second-order valence-electron chi connectivity index (χ2n) is 7.10. The van der Waals surface area contributed by atoms with E-state index in [1.54, 1.807) is 0 Å². The zero-order valence-corrected chi connectivity index (χ0v) is 15.9. The predicted molar refractivity (Wildman–Crippen MR) is 107 cm³/mol. The normalized spacial score (nSPS) is 11.8. The number of thiocarbonyl (C=S) groups is 1. The number of nitrogens with zero attached hydrogens (tertiary/aromatic N) is 4. The SMILES string of the molecule is CC(=S)CCC(C)(C)n1nc(-c2ccc(C)cc2)c2c(N)ncnc21. The molecule has 0 radical (unpaired) electrons. The van der Waals surface area contributed by atoms with Gasteiger partial charge in [0.25, 0.3) is 0 Å². The molecule has 2 aromatic heterocycles. The van der Waals surface area contributed by atoms with E-state index in [0.717, 1.165) is 40.0 Å². The second kappa shape index (κ2) is 6.52. The lowest BCUT2D eigenvalue weighted by Gasteiger charge is -2.25. The first-order valence-electron chi connectivity index (χ1n) is 8.36. The van der Waals surface area contributed by atoms with Gasteiger partial charge in [0.05, 0.1) is 10.9 Å². The van der Waals surface area contributed by atoms with Crippen LogP contribution in [-0.2, 0) is 5.54 Å². The van der Waals surface area contributed by atoms with E-state index in [2.05, 4.69) is 55.0 Å². The van der Waals surface area contributed by atoms with Crippen LogP contribution in [0.15, 0.2) is 30.6 Å². The molecule has 2 heterocycles. The number of hydrogen-bond acceptors (Lipinski definition) is 5. The van der Waals surface area contributed by atoms with Crippen LogP contribution < -0.4 is 5.73 Å². The van der Waals surface area contributed by atoms with Gasteiger partial charge in [-0.1, -0.05) is 42.0 Å². The number of nitrogen functional groups attached to an aromatic ring is 1. The van der Waals surface area contributed by atoms with Crippen molar-refractivity contribution in [3.05, 3.63) is 36.2 Å². The van der Waals surface area contributed by atoms with Crippen LogP contribution in [0.1, 0.15) is 39.2 Å². The molecule has 2 N–H and O–H groups in total. The lowest BCUT2D eigenvalue weighted by atomic mass is 9.97. The van der Waals surface area contributed by atoms with E-state index >= 15 is 0 Å². The quantitative estimate of drug-likeness (QED) is 0.693. The van der Waals surface area contributed by atoms with Crippen LogP contribution in [0.5, 0.6) is 0 Å². The Balaban J connectivity index is 2.19. The number of benzene rings is 1. The second-order valence-corrected chi connectivity index (χ2v) is 7.80. The van der Waals surface area contributed by atoms with Crippen LogP contribution in [0.3, 0.4) is 0 Å². The number of rotatable bonds is 5. The maximum atomic E-state index is 6.18. The molecule has 0 unspecified atom stereocenters. The first-order valence-corrected chi connectivity index (χ1v) is 8.76. The fourth-order valence-corrected chi connectivity index (χ4v) is 3.00. The van der Waals surface area contributed by atoms with Gasteiger partial charge in [-0.25, -0.2) is 14.6 Å². The molecule has 0 amide bonds. The van der Waals surface area contributed by atoms with Crippen molar-refractivity contribution >= 4 is 33.9 Å². The van der Waals surface area contributed by atoms with E-state index in [4.69, 9.17) is 23.1 Å². The summed E-state index contributed by atoms with van der Waals surface area (Å²) in [7, 11) is 0. The number of nitrogens with two attached hydrogens (primary N) is 1. The summed E-state index contributed by atoms with van der Waals surface area (Å²) in [5, 5.41) is 5.69. The van der Waals surface area contributed by atoms with Crippen LogP contribution in [0.4, 0.5) is 5.82 Å². The van der Waals surface area contributed by atoms with Gasteiger partial charge in [-0.05, 0) is 45.4 Å². The monoisotopic (exact) mass is 353 g/mol. The Morgan fingerprint density at radius 1 is 1.20 bits per heavy atom. The van der Waals surface area contributed by atoms with Gasteiger partial charge in [0, 0.05) is 5.56 Å². The Hall–Kier alpha value is -2.34. The fourth-order valence-electron chi connectivity index (χ4n) is 2.90. The molecule has 130 valence electrons. The van der Waals surface area contributed by atoms with Gasteiger partial charge in [0.15, 0.2) is 5.65 Å². The molecule has 25 heavy (non-hydrogen) atoms. The summed E-state index contributed by atoms with van der Waals surface area (Å²) in [6, 6.07) is 8.26. The van der Waals surface area contributed by atoms with Gasteiger partial charge in [-0.3, -0.25) is 0 Å². The molecule has 0 atom stereocenters. The molecule has 0 spiro atoms. The van der Waals surface area contributed by atoms with Crippen LogP contribution >= 0.6 is 12.2 Å². The van der Waals surface area contributed by atoms with Crippen molar-refractivity contribution < 1.29 is 0 Å². The molecule has 0 aliphatic heterocycles. The van der Waals surface area contributed by atoms with Crippen molar-refractivity contribution in [2.75, 3.05) is 5.73 Å². The summed E-state index contributed by atoms with van der Waals surface area (Å²) >= 11 is 5.25. The van der Waals surface area contributed by atoms with Gasteiger partial charge in [-0.15, -0.1) is 0 Å². The van der Waals surface area contributed by atoms with E-state index in [1.165, 1.54) is 11.9 Å². The summed E-state index contributed by atoms with van der Waals surface area (Å²) in [5.41, 5.74) is 9.74. The average molecular weight is 353 g/mol. The van der Waals surface area contributed by atoms with Crippen molar-refractivity contribution in [3.63, 3.8) is 0 Å². The van der Waals surface area contributed by atoms with Gasteiger partial charge in [-0.2, -0.15) is 5.10 Å². The molecular weight excluding hydrogens is 330 g/mol. The summed E-state index contributed by atoms with van der Waals surface area (Å²) < 4.78 is 1.97. The smallest absolute Gasteiger partial charge is 0.164 e. The van der Waals surface area contributed by atoms with Gasteiger partial charge in [0.1, 0.15) is 17.8 Å². The van der Waals surface area contributed by atoms with Crippen molar-refractivity contribution in [1.29, 1.82) is 0 Å². The number of aryl methyl sites for hydroxylation is 1. The van der Waals surface area contributed by atoms with E-state index in [9.17, 15) is 0 Å². The number of hydrogen-bond donors (Lipinski definition) is 1. The largest absolute Gasteiger partial charge is 0.383 e. The summed E-state index contributed by atoms with van der Waals surface area (Å²) in [4.78, 5) is 9.65. The van der Waals surface area contributed by atoms with E-state index in [-0.39, 0.29) is 5.54 Å². The first kappa shape index (κ1) is 17.5. The third-order valence-electron chi connectivity index (χ3n) is 4.48. The molecule has 0 aliphatic carbocycles. The summed E-state index contributed by atoms with van der Waals surface area (Å²) in [5.74, 6) is 0.452. The van der Waals surface area contributed by atoms with Crippen LogP contribution in [0, 0.1) is 6.92 Å². The van der Waals surface area contributed by atoms with E-state index in [0.29, 0.717) is 5.82 Å². The minimum Gasteiger partial charge on any atom is -0.383 e. The minimum atomic E-state index is -0.234. The van der Waals surface area contributed by atoms with Crippen molar-refractivity contribution in [1.82, 2.24) is 19.7 Å². The highest BCUT2D eigenvalue weighted by Crippen LogP contribution is 2.34. The molecule has 6 heteroatoms. The average Bonchev–Trinajstić information content (AvgIpc) is 2.96. The standard InChI is InChI=1S/C19H23N5S/c1-12-5-7-14(8-6-12)16-15-17(20)21-11-22-18(15)24(23-16)19(3,4)10-9-13(2)25/h5-8,11H,9-10H2,1-4H3,(H2,20,21,22). The molecule has 3 aromatic rings. The highest BCUT2D eigenvalue weighted by Gasteiger charge is 2.27. The number of fused-ring (bicyclic) bond motifs is 1. The molecule has 0 aliphatic rings. The lowest BCUT2D eigenvalue weighted by Crippen LogP contribution is -2.28. The molecule has 1 aromatic carbocycles. The molecule has 0 bridgehead atoms. The van der Waals surface area contributed by atoms with E-state index in [1.807, 2.05) is 11.6 Å². The van der Waals surface area contributed by atoms with Crippen LogP contribution in [0.2, 0.25) is 0 Å². The zero-order valence-electron chi connectivity index (χ0n) is 15.1. The summed E-state index contributed by atoms with van der Waals surface area (Å²) in [6.07, 6.45) is 3.25. The third kappa shape index (κ3) is 3.39. The number of anilines is 1. The topological polar surface area (TPSA) is 69.6 Å². The maximum Gasteiger partial charge on any atom is 0.164 e. The first-order chi connectivity index (χ1) is 11.8. The van der Waals surface area contributed by atoms with Crippen molar-refractivity contribution in [2.45, 2.75) is 46.1 Å². The Morgan fingerprint density at radius 2 is 1.88 bits per heavy atom. The zero-order chi connectivity index (χ0) is 18.2. The molecule has 0 saturated heterocycles. The third-order valence-corrected chi connectivity index (χ3v) is 4.69. The highest BCUT2D eigenvalue weighted by atomic mass is 32.1. The fraction of sp³-hybridized carbons (Fsp3) is 0.368. The Kier molecular flexibility index (Phi) is 4.56. The molecule has 3 rings (SSSR count). The maximum absolute atomic E-state index is 6.18. The van der Waals surface area contributed by atoms with Gasteiger partial charge in [0.2, 0.25) is 0 Å². The molecular formula is C19H23N5S. The summed E-state index contributed by atoms with van der Waals surface area (Å²) in [6.45, 7) is 8.34. The highest BCUT2D eigenvalue weighted by molar-refractivity contribution is 7.80. The van der Waals surface area contributed by atoms with Crippen molar-refractivity contribution in [2.24, 2.45) is 0 Å². The van der Waals surface area contributed by atoms with Crippen LogP contribution in [0.25, 0.3) is 22.3 Å². The Bertz CT molecular complexity index is 925. The molecule has 0 saturated carbocycles. The predicted octanol–water partition coefficient (Wildman–Crippen LogP) is 4.29. The lowest BCUT2D eigenvalue weighted by molar-refractivity contribution is 0.310. The Labute approximate surface area is 153 Å². The number of aromatic nitrogens is 4. The van der Waals surface area contributed by atoms with Gasteiger partial charge < -0.3 is 5.73 Å². The molecule has 5 nitrogen and oxygen atoms in total.